The van der Waals surface area contributed by atoms with Crippen LogP contribution in [-0.4, -0.2) is 22.3 Å². The number of nitrogens with zero attached hydrogens (tertiary/aromatic N) is 1. The highest BCUT2D eigenvalue weighted by Gasteiger charge is 2.30. The predicted octanol–water partition coefficient (Wildman–Crippen LogP) is 4.05. The number of carboxylic acids is 1. The number of aromatic carboxylic acids is 1. The SMILES string of the molecule is O=C(O)c1cn(C2CC2)c2c(OC(F)F)c(-c3cc(F)c4c(c3)CNC4)ccc2c1=O. The number of fused-ring (bicyclic) bond motifs is 2. The molecule has 0 radical (unpaired) electrons. The van der Waals surface area contributed by atoms with Crippen LogP contribution < -0.4 is 15.5 Å². The average molecular weight is 430 g/mol. The molecule has 31 heavy (non-hydrogen) atoms. The Morgan fingerprint density at radius 2 is 2.00 bits per heavy atom. The third-order valence-corrected chi connectivity index (χ3v) is 5.74. The van der Waals surface area contributed by atoms with E-state index in [0.717, 1.165) is 5.56 Å². The molecule has 2 aromatic carbocycles. The number of hydrogen-bond donors (Lipinski definition) is 2. The number of carbonyl (C=O) groups is 1. The van der Waals surface area contributed by atoms with Crippen molar-refractivity contribution >= 4 is 16.9 Å². The van der Waals surface area contributed by atoms with Gasteiger partial charge in [0.25, 0.3) is 0 Å². The average Bonchev–Trinajstić information content (AvgIpc) is 3.44. The van der Waals surface area contributed by atoms with E-state index in [4.69, 9.17) is 4.74 Å². The van der Waals surface area contributed by atoms with Crippen molar-refractivity contribution in [3.63, 3.8) is 0 Å². The Balaban J connectivity index is 1.84. The molecule has 3 aromatic rings. The van der Waals surface area contributed by atoms with Crippen LogP contribution >= 0.6 is 0 Å². The van der Waals surface area contributed by atoms with Gasteiger partial charge in [-0.3, -0.25) is 4.79 Å². The van der Waals surface area contributed by atoms with Crippen molar-refractivity contribution in [2.75, 3.05) is 0 Å². The number of pyridine rings is 1. The zero-order valence-electron chi connectivity index (χ0n) is 16.1. The van der Waals surface area contributed by atoms with Crippen molar-refractivity contribution in [2.45, 2.75) is 38.6 Å². The van der Waals surface area contributed by atoms with Gasteiger partial charge in [0.05, 0.1) is 10.9 Å². The molecule has 2 aliphatic rings. The first-order chi connectivity index (χ1) is 14.8. The number of nitrogens with one attached hydrogen (secondary N) is 1. The van der Waals surface area contributed by atoms with Gasteiger partial charge in [-0.2, -0.15) is 8.78 Å². The van der Waals surface area contributed by atoms with E-state index in [9.17, 15) is 27.9 Å². The van der Waals surface area contributed by atoms with E-state index < -0.39 is 29.4 Å². The molecule has 1 fully saturated rings. The second-order valence-corrected chi connectivity index (χ2v) is 7.73. The van der Waals surface area contributed by atoms with Crippen LogP contribution in [0.4, 0.5) is 13.2 Å². The molecule has 2 N–H and O–H groups in total. The lowest BCUT2D eigenvalue weighted by Crippen LogP contribution is -2.19. The molecule has 0 unspecified atom stereocenters. The topological polar surface area (TPSA) is 80.6 Å². The van der Waals surface area contributed by atoms with E-state index in [0.29, 0.717) is 37.1 Å². The highest BCUT2D eigenvalue weighted by molar-refractivity contribution is 5.97. The first kappa shape index (κ1) is 19.6. The summed E-state index contributed by atoms with van der Waals surface area (Å²) < 4.78 is 47.8. The molecule has 5 rings (SSSR count). The van der Waals surface area contributed by atoms with Crippen LogP contribution in [0.25, 0.3) is 22.0 Å². The monoisotopic (exact) mass is 430 g/mol. The third-order valence-electron chi connectivity index (χ3n) is 5.74. The van der Waals surface area contributed by atoms with E-state index in [1.54, 1.807) is 6.07 Å². The first-order valence-corrected chi connectivity index (χ1v) is 9.77. The fourth-order valence-corrected chi connectivity index (χ4v) is 4.17. The number of halogens is 3. The number of aromatic nitrogens is 1. The normalized spacial score (nSPS) is 15.5. The summed E-state index contributed by atoms with van der Waals surface area (Å²) in [5.74, 6) is -2.12. The molecule has 0 atom stereocenters. The van der Waals surface area contributed by atoms with Gasteiger partial charge in [0.1, 0.15) is 11.4 Å². The quantitative estimate of drug-likeness (QED) is 0.639. The largest absolute Gasteiger partial charge is 0.477 e. The van der Waals surface area contributed by atoms with Crippen molar-refractivity contribution < 1.29 is 27.8 Å². The maximum atomic E-state index is 14.6. The van der Waals surface area contributed by atoms with Crippen LogP contribution in [0.1, 0.15) is 40.4 Å². The number of benzene rings is 2. The van der Waals surface area contributed by atoms with Gasteiger partial charge in [0.2, 0.25) is 5.43 Å². The molecule has 0 spiro atoms. The minimum Gasteiger partial charge on any atom is -0.477 e. The van der Waals surface area contributed by atoms with E-state index in [-0.39, 0.29) is 28.3 Å². The molecular weight excluding hydrogens is 413 g/mol. The number of ether oxygens (including phenoxy) is 1. The molecule has 1 aromatic heterocycles. The van der Waals surface area contributed by atoms with Crippen LogP contribution in [0.2, 0.25) is 0 Å². The van der Waals surface area contributed by atoms with Gasteiger partial charge in [-0.1, -0.05) is 0 Å². The minimum atomic E-state index is -3.19. The van der Waals surface area contributed by atoms with Gasteiger partial charge < -0.3 is 19.7 Å². The van der Waals surface area contributed by atoms with Gasteiger partial charge >= 0.3 is 12.6 Å². The van der Waals surface area contributed by atoms with Gasteiger partial charge in [-0.25, -0.2) is 9.18 Å². The van der Waals surface area contributed by atoms with E-state index in [1.807, 2.05) is 0 Å². The third kappa shape index (κ3) is 3.25. The molecular formula is C22H17F3N2O4. The molecule has 0 amide bonds. The summed E-state index contributed by atoms with van der Waals surface area (Å²) >= 11 is 0. The Bertz CT molecular complexity index is 1300. The lowest BCUT2D eigenvalue weighted by Gasteiger charge is -2.19. The summed E-state index contributed by atoms with van der Waals surface area (Å²) in [5, 5.41) is 12.4. The zero-order valence-corrected chi connectivity index (χ0v) is 16.1. The van der Waals surface area contributed by atoms with E-state index >= 15 is 0 Å². The Hall–Kier alpha value is -3.33. The Morgan fingerprint density at radius 3 is 2.68 bits per heavy atom. The van der Waals surface area contributed by atoms with Crippen LogP contribution in [0.5, 0.6) is 5.75 Å². The van der Waals surface area contributed by atoms with Crippen LogP contribution in [-0.2, 0) is 13.1 Å². The Kier molecular flexibility index (Phi) is 4.51. The Labute approximate surface area is 173 Å². The fraction of sp³-hybridized carbons (Fsp3) is 0.273. The van der Waals surface area contributed by atoms with Crippen LogP contribution in [0.3, 0.4) is 0 Å². The predicted molar refractivity (Wildman–Crippen MR) is 106 cm³/mol. The second-order valence-electron chi connectivity index (χ2n) is 7.73. The summed E-state index contributed by atoms with van der Waals surface area (Å²) in [7, 11) is 0. The highest BCUT2D eigenvalue weighted by Crippen LogP contribution is 2.43. The number of rotatable bonds is 5. The molecule has 2 heterocycles. The summed E-state index contributed by atoms with van der Waals surface area (Å²) in [4.78, 5) is 24.3. The van der Waals surface area contributed by atoms with Crippen molar-refractivity contribution in [3.8, 4) is 16.9 Å². The molecule has 0 bridgehead atoms. The molecule has 9 heteroatoms. The van der Waals surface area contributed by atoms with Crippen molar-refractivity contribution in [2.24, 2.45) is 0 Å². The molecule has 160 valence electrons. The number of carboxylic acid groups (broad SMARTS) is 1. The van der Waals surface area contributed by atoms with Gasteiger partial charge in [-0.05, 0) is 48.2 Å². The fourth-order valence-electron chi connectivity index (χ4n) is 4.17. The maximum Gasteiger partial charge on any atom is 0.387 e. The second kappa shape index (κ2) is 7.12. The van der Waals surface area contributed by atoms with Crippen LogP contribution in [0, 0.1) is 5.82 Å². The summed E-state index contributed by atoms with van der Waals surface area (Å²) in [6.07, 6.45) is 2.61. The number of hydrogen-bond acceptors (Lipinski definition) is 4. The lowest BCUT2D eigenvalue weighted by molar-refractivity contribution is -0.0486. The molecule has 1 saturated carbocycles. The Morgan fingerprint density at radius 1 is 1.23 bits per heavy atom. The summed E-state index contributed by atoms with van der Waals surface area (Å²) in [6, 6.07) is 5.63. The summed E-state index contributed by atoms with van der Waals surface area (Å²) in [6.45, 7) is -2.35. The number of alkyl halides is 2. The molecule has 0 saturated heterocycles. The zero-order chi connectivity index (χ0) is 21.9. The van der Waals surface area contributed by atoms with Crippen molar-refractivity contribution in [3.05, 3.63) is 63.2 Å². The summed E-state index contributed by atoms with van der Waals surface area (Å²) in [5.41, 5.74) is 0.669. The lowest BCUT2D eigenvalue weighted by atomic mass is 9.97. The van der Waals surface area contributed by atoms with Crippen LogP contribution in [0.15, 0.2) is 35.3 Å². The van der Waals surface area contributed by atoms with Gasteiger partial charge in [0, 0.05) is 36.5 Å². The first-order valence-electron chi connectivity index (χ1n) is 9.77. The molecule has 1 aliphatic heterocycles. The van der Waals surface area contributed by atoms with Crippen molar-refractivity contribution in [1.29, 1.82) is 0 Å². The van der Waals surface area contributed by atoms with E-state index in [1.165, 1.54) is 29.0 Å². The molecule has 6 nitrogen and oxygen atoms in total. The van der Waals surface area contributed by atoms with E-state index in [2.05, 4.69) is 5.32 Å². The smallest absolute Gasteiger partial charge is 0.387 e. The maximum absolute atomic E-state index is 14.6. The minimum absolute atomic E-state index is 0.0329. The standard InChI is InChI=1S/C22H17F3N2O4/c23-17-6-10(5-11-7-26-8-15(11)17)13-3-4-14-18(20(13)31-22(24)25)27(12-1-2-12)9-16(19(14)28)21(29)30/h3-6,9,12,22,26H,1-2,7-8H2,(H,29,30). The van der Waals surface area contributed by atoms with Gasteiger partial charge in [0.15, 0.2) is 5.75 Å². The van der Waals surface area contributed by atoms with Crippen molar-refractivity contribution in [1.82, 2.24) is 9.88 Å². The van der Waals surface area contributed by atoms with Gasteiger partial charge in [-0.15, -0.1) is 0 Å². The highest BCUT2D eigenvalue weighted by atomic mass is 19.3. The molecule has 1 aliphatic carbocycles.